The van der Waals surface area contributed by atoms with E-state index in [2.05, 4.69) is 40.3 Å². The van der Waals surface area contributed by atoms with E-state index in [1.165, 1.54) is 11.1 Å². The number of hydrogen-bond donors (Lipinski definition) is 0. The van der Waals surface area contributed by atoms with Crippen molar-refractivity contribution < 1.29 is 4.74 Å². The highest BCUT2D eigenvalue weighted by Crippen LogP contribution is 2.39. The SMILES string of the molecule is N#CC1CCC(c2cccn3ncc(-c4ccc(N5CCOCC5)nc4)c23)CC1. The molecule has 0 radical (unpaired) electrons. The quantitative estimate of drug-likeness (QED) is 0.679. The Kier molecular flexibility index (Phi) is 4.91. The topological polar surface area (TPSA) is 66.5 Å². The zero-order valence-electron chi connectivity index (χ0n) is 16.5. The van der Waals surface area contributed by atoms with Crippen LogP contribution in [-0.4, -0.2) is 40.9 Å². The second kappa shape index (κ2) is 7.84. The molecule has 0 amide bonds. The van der Waals surface area contributed by atoms with Gasteiger partial charge in [0.15, 0.2) is 0 Å². The van der Waals surface area contributed by atoms with E-state index in [0.717, 1.165) is 68.9 Å². The minimum atomic E-state index is 0.215. The van der Waals surface area contributed by atoms with Crippen LogP contribution in [-0.2, 0) is 4.74 Å². The molecule has 0 bridgehead atoms. The van der Waals surface area contributed by atoms with E-state index in [-0.39, 0.29) is 5.92 Å². The molecule has 148 valence electrons. The first kappa shape index (κ1) is 18.1. The first-order valence-corrected chi connectivity index (χ1v) is 10.5. The lowest BCUT2D eigenvalue weighted by atomic mass is 9.79. The van der Waals surface area contributed by atoms with Gasteiger partial charge in [-0.05, 0) is 55.4 Å². The lowest BCUT2D eigenvalue weighted by molar-refractivity contribution is 0.122. The standard InChI is InChI=1S/C23H25N5O/c24-14-17-3-5-18(6-4-17)20-2-1-9-28-23(20)21(16-26-28)19-7-8-22(25-15-19)27-10-12-29-13-11-27/h1-2,7-9,15-18H,3-6,10-13H2. The average Bonchev–Trinajstić information content (AvgIpc) is 3.24. The molecule has 0 unspecified atom stereocenters. The van der Waals surface area contributed by atoms with Gasteiger partial charge in [0.1, 0.15) is 5.82 Å². The first-order valence-electron chi connectivity index (χ1n) is 10.5. The normalized spacial score (nSPS) is 22.5. The molecular weight excluding hydrogens is 362 g/mol. The fourth-order valence-corrected chi connectivity index (χ4v) is 4.67. The van der Waals surface area contributed by atoms with Crippen LogP contribution in [0.25, 0.3) is 16.6 Å². The van der Waals surface area contributed by atoms with Crippen LogP contribution in [0, 0.1) is 17.2 Å². The molecule has 3 aromatic heterocycles. The summed E-state index contributed by atoms with van der Waals surface area (Å²) in [5.41, 5.74) is 4.74. The van der Waals surface area contributed by atoms with Crippen LogP contribution in [0.1, 0.15) is 37.2 Å². The van der Waals surface area contributed by atoms with Crippen molar-refractivity contribution in [3.8, 4) is 17.2 Å². The van der Waals surface area contributed by atoms with Crippen molar-refractivity contribution in [3.63, 3.8) is 0 Å². The molecule has 5 rings (SSSR count). The molecule has 0 atom stereocenters. The van der Waals surface area contributed by atoms with Crippen molar-refractivity contribution in [2.45, 2.75) is 31.6 Å². The fourth-order valence-electron chi connectivity index (χ4n) is 4.67. The molecule has 1 aliphatic heterocycles. The van der Waals surface area contributed by atoms with Crippen LogP contribution in [0.4, 0.5) is 5.82 Å². The maximum atomic E-state index is 9.21. The van der Waals surface area contributed by atoms with E-state index >= 15 is 0 Å². The van der Waals surface area contributed by atoms with Gasteiger partial charge in [-0.2, -0.15) is 10.4 Å². The van der Waals surface area contributed by atoms with E-state index in [1.807, 2.05) is 23.1 Å². The zero-order valence-corrected chi connectivity index (χ0v) is 16.5. The summed E-state index contributed by atoms with van der Waals surface area (Å²) in [4.78, 5) is 6.99. The molecule has 1 saturated heterocycles. The fraction of sp³-hybridized carbons (Fsp3) is 0.435. The van der Waals surface area contributed by atoms with Crippen molar-refractivity contribution in [2.75, 3.05) is 31.2 Å². The van der Waals surface area contributed by atoms with Gasteiger partial charge in [-0.3, -0.25) is 0 Å². The molecule has 3 aromatic rings. The Balaban J connectivity index is 1.47. The lowest BCUT2D eigenvalue weighted by Gasteiger charge is -2.27. The minimum Gasteiger partial charge on any atom is -0.378 e. The van der Waals surface area contributed by atoms with E-state index in [9.17, 15) is 5.26 Å². The molecule has 0 aromatic carbocycles. The Morgan fingerprint density at radius 2 is 1.86 bits per heavy atom. The number of pyridine rings is 2. The second-order valence-corrected chi connectivity index (χ2v) is 8.00. The van der Waals surface area contributed by atoms with E-state index in [1.54, 1.807) is 0 Å². The smallest absolute Gasteiger partial charge is 0.128 e. The molecule has 29 heavy (non-hydrogen) atoms. The van der Waals surface area contributed by atoms with Gasteiger partial charge in [0, 0.05) is 42.5 Å². The zero-order chi connectivity index (χ0) is 19.6. The van der Waals surface area contributed by atoms with Gasteiger partial charge in [0.2, 0.25) is 0 Å². The maximum absolute atomic E-state index is 9.21. The Morgan fingerprint density at radius 1 is 1.03 bits per heavy atom. The van der Waals surface area contributed by atoms with Gasteiger partial charge >= 0.3 is 0 Å². The molecule has 1 aliphatic carbocycles. The van der Waals surface area contributed by atoms with E-state index < -0.39 is 0 Å². The van der Waals surface area contributed by atoms with Crippen LogP contribution in [0.15, 0.2) is 42.9 Å². The van der Waals surface area contributed by atoms with Gasteiger partial charge in [-0.15, -0.1) is 0 Å². The minimum absolute atomic E-state index is 0.215. The summed E-state index contributed by atoms with van der Waals surface area (Å²) in [6.45, 7) is 3.29. The molecule has 2 aliphatic rings. The number of fused-ring (bicyclic) bond motifs is 1. The Bertz CT molecular complexity index is 1020. The van der Waals surface area contributed by atoms with Gasteiger partial charge in [0.25, 0.3) is 0 Å². The van der Waals surface area contributed by atoms with Crippen molar-refractivity contribution in [1.29, 1.82) is 5.26 Å². The van der Waals surface area contributed by atoms with Crippen molar-refractivity contribution in [1.82, 2.24) is 14.6 Å². The Morgan fingerprint density at radius 3 is 2.59 bits per heavy atom. The number of aromatic nitrogens is 3. The van der Waals surface area contributed by atoms with Crippen molar-refractivity contribution in [2.24, 2.45) is 5.92 Å². The van der Waals surface area contributed by atoms with Crippen LogP contribution in [0.2, 0.25) is 0 Å². The van der Waals surface area contributed by atoms with Crippen LogP contribution in [0.3, 0.4) is 0 Å². The number of morpholine rings is 1. The highest BCUT2D eigenvalue weighted by molar-refractivity contribution is 5.82. The highest BCUT2D eigenvalue weighted by atomic mass is 16.5. The number of anilines is 1. The number of nitriles is 1. The highest BCUT2D eigenvalue weighted by Gasteiger charge is 2.25. The molecule has 0 spiro atoms. The number of hydrogen-bond acceptors (Lipinski definition) is 5. The van der Waals surface area contributed by atoms with Crippen molar-refractivity contribution >= 4 is 11.3 Å². The average molecular weight is 387 g/mol. The van der Waals surface area contributed by atoms with Gasteiger partial charge < -0.3 is 9.64 Å². The van der Waals surface area contributed by atoms with Crippen molar-refractivity contribution in [3.05, 3.63) is 48.4 Å². The van der Waals surface area contributed by atoms with Crippen LogP contribution >= 0.6 is 0 Å². The third-order valence-electron chi connectivity index (χ3n) is 6.32. The Hall–Kier alpha value is -2.91. The summed E-state index contributed by atoms with van der Waals surface area (Å²) in [6.07, 6.45) is 10.0. The van der Waals surface area contributed by atoms with E-state index in [0.29, 0.717) is 5.92 Å². The predicted molar refractivity (Wildman–Crippen MR) is 112 cm³/mol. The maximum Gasteiger partial charge on any atom is 0.128 e. The molecule has 6 nitrogen and oxygen atoms in total. The summed E-state index contributed by atoms with van der Waals surface area (Å²) >= 11 is 0. The third-order valence-corrected chi connectivity index (χ3v) is 6.32. The summed E-state index contributed by atoms with van der Waals surface area (Å²) in [5.74, 6) is 1.70. The number of nitrogens with zero attached hydrogens (tertiary/aromatic N) is 5. The van der Waals surface area contributed by atoms with Crippen LogP contribution < -0.4 is 4.90 Å². The van der Waals surface area contributed by atoms with Gasteiger partial charge in [-0.1, -0.05) is 6.07 Å². The summed E-state index contributed by atoms with van der Waals surface area (Å²) < 4.78 is 7.42. The molecule has 6 heteroatoms. The number of ether oxygens (including phenoxy) is 1. The summed E-state index contributed by atoms with van der Waals surface area (Å²) in [6, 6.07) is 11.0. The first-order chi connectivity index (χ1) is 14.3. The molecule has 0 N–H and O–H groups in total. The predicted octanol–water partition coefficient (Wildman–Crippen LogP) is 4.03. The van der Waals surface area contributed by atoms with Crippen LogP contribution in [0.5, 0.6) is 0 Å². The van der Waals surface area contributed by atoms with Gasteiger partial charge in [0.05, 0.1) is 31.0 Å². The Labute approximate surface area is 170 Å². The summed E-state index contributed by atoms with van der Waals surface area (Å²) in [7, 11) is 0. The monoisotopic (exact) mass is 387 g/mol. The third kappa shape index (κ3) is 3.47. The molecule has 1 saturated carbocycles. The molecule has 4 heterocycles. The summed E-state index contributed by atoms with van der Waals surface area (Å²) in [5, 5.41) is 13.8. The lowest BCUT2D eigenvalue weighted by Crippen LogP contribution is -2.36. The molecular formula is C23H25N5O. The van der Waals surface area contributed by atoms with Gasteiger partial charge in [-0.25, -0.2) is 9.50 Å². The molecule has 2 fully saturated rings. The second-order valence-electron chi connectivity index (χ2n) is 8.00. The number of rotatable bonds is 3. The largest absolute Gasteiger partial charge is 0.378 e. The van der Waals surface area contributed by atoms with E-state index in [4.69, 9.17) is 9.72 Å².